The van der Waals surface area contributed by atoms with Crippen molar-refractivity contribution in [2.45, 2.75) is 29.3 Å². The fraction of sp³-hybridized carbons (Fsp3) is 0.296. The van der Waals surface area contributed by atoms with E-state index in [2.05, 4.69) is 10.2 Å². The quantitative estimate of drug-likeness (QED) is 0.470. The lowest BCUT2D eigenvalue weighted by molar-refractivity contribution is 0.0940. The molecule has 0 saturated carbocycles. The monoisotopic (exact) mass is 541 g/mol. The molecule has 0 bridgehead atoms. The molecule has 3 aromatic carbocycles. The van der Waals surface area contributed by atoms with E-state index in [1.807, 2.05) is 19.1 Å². The maximum absolute atomic E-state index is 12.8. The average molecular weight is 542 g/mol. The first-order valence-corrected chi connectivity index (χ1v) is 15.3. The van der Waals surface area contributed by atoms with Crippen LogP contribution < -0.4 is 5.32 Å². The van der Waals surface area contributed by atoms with Crippen LogP contribution in [0.1, 0.15) is 34.5 Å². The zero-order valence-corrected chi connectivity index (χ0v) is 22.5. The summed E-state index contributed by atoms with van der Waals surface area (Å²) in [7, 11) is -6.74. The van der Waals surface area contributed by atoms with Gasteiger partial charge in [-0.1, -0.05) is 42.5 Å². The van der Waals surface area contributed by atoms with Gasteiger partial charge in [0.05, 0.1) is 15.8 Å². The van der Waals surface area contributed by atoms with Gasteiger partial charge in [0.2, 0.25) is 10.0 Å². The lowest BCUT2D eigenvalue weighted by atomic mass is 10.1. The minimum Gasteiger partial charge on any atom is -0.346 e. The number of sulfone groups is 1. The Morgan fingerprint density at radius 2 is 1.41 bits per heavy atom. The van der Waals surface area contributed by atoms with Crippen molar-refractivity contribution in [2.75, 3.05) is 32.4 Å². The number of nitrogens with one attached hydrogen (secondary N) is 1. The van der Waals surface area contributed by atoms with Gasteiger partial charge in [-0.25, -0.2) is 16.8 Å². The fourth-order valence-electron chi connectivity index (χ4n) is 4.26. The molecule has 1 atom stereocenters. The summed E-state index contributed by atoms with van der Waals surface area (Å²) in [5.74, 6) is -0.217. The molecule has 1 aliphatic heterocycles. The summed E-state index contributed by atoms with van der Waals surface area (Å²) >= 11 is 0. The summed E-state index contributed by atoms with van der Waals surface area (Å²) in [5, 5.41) is 2.94. The van der Waals surface area contributed by atoms with Crippen LogP contribution in [0.3, 0.4) is 0 Å². The Morgan fingerprint density at radius 1 is 0.811 bits per heavy atom. The van der Waals surface area contributed by atoms with Crippen LogP contribution in [0.4, 0.5) is 0 Å². The van der Waals surface area contributed by atoms with Crippen LogP contribution in [0.15, 0.2) is 88.7 Å². The molecule has 1 aliphatic rings. The van der Waals surface area contributed by atoms with Gasteiger partial charge in [-0.3, -0.25) is 9.69 Å². The van der Waals surface area contributed by atoms with E-state index in [1.54, 1.807) is 66.7 Å². The standard InChI is InChI=1S/C27H31N3O5S2/c1-21(23-12-14-25(15-13-23)36(2,32)33)28-27(31)24-10-8-22(9-11-24)20-29-16-18-30(19-17-29)37(34,35)26-6-4-3-5-7-26/h3-15,21H,16-20H2,1-2H3,(H,28,31). The molecule has 1 amide bonds. The van der Waals surface area contributed by atoms with E-state index in [-0.39, 0.29) is 16.8 Å². The predicted octanol–water partition coefficient (Wildman–Crippen LogP) is 3.09. The number of benzene rings is 3. The van der Waals surface area contributed by atoms with Gasteiger partial charge in [-0.2, -0.15) is 4.31 Å². The third kappa shape index (κ3) is 6.64. The number of rotatable bonds is 8. The van der Waals surface area contributed by atoms with Gasteiger partial charge >= 0.3 is 0 Å². The molecule has 0 aromatic heterocycles. The van der Waals surface area contributed by atoms with Crippen LogP contribution in [-0.4, -0.2) is 64.4 Å². The third-order valence-corrected chi connectivity index (χ3v) is 9.53. The largest absolute Gasteiger partial charge is 0.346 e. The van der Waals surface area contributed by atoms with Gasteiger partial charge in [0.1, 0.15) is 0 Å². The number of hydrogen-bond donors (Lipinski definition) is 1. The Morgan fingerprint density at radius 3 is 1.97 bits per heavy atom. The normalized spacial score (nSPS) is 16.3. The first-order valence-electron chi connectivity index (χ1n) is 12.0. The summed E-state index contributed by atoms with van der Waals surface area (Å²) in [6, 6.07) is 22.1. The van der Waals surface area contributed by atoms with Crippen molar-refractivity contribution >= 4 is 25.8 Å². The van der Waals surface area contributed by atoms with Gasteiger partial charge in [-0.05, 0) is 54.4 Å². The molecule has 0 radical (unpaired) electrons. The molecular weight excluding hydrogens is 510 g/mol. The highest BCUT2D eigenvalue weighted by Crippen LogP contribution is 2.19. The van der Waals surface area contributed by atoms with E-state index in [0.29, 0.717) is 43.2 Å². The Hall–Kier alpha value is -3.05. The van der Waals surface area contributed by atoms with Crippen LogP contribution in [-0.2, 0) is 26.4 Å². The molecule has 3 aromatic rings. The number of carbonyl (C=O) groups is 1. The van der Waals surface area contributed by atoms with Gasteiger partial charge in [-0.15, -0.1) is 0 Å². The topological polar surface area (TPSA) is 104 Å². The first-order chi connectivity index (χ1) is 17.5. The zero-order chi connectivity index (χ0) is 26.6. The number of piperazine rings is 1. The number of sulfonamides is 1. The van der Waals surface area contributed by atoms with Crippen molar-refractivity contribution in [1.82, 2.24) is 14.5 Å². The van der Waals surface area contributed by atoms with Crippen LogP contribution >= 0.6 is 0 Å². The molecule has 0 spiro atoms. The van der Waals surface area contributed by atoms with E-state index in [4.69, 9.17) is 0 Å². The molecule has 196 valence electrons. The average Bonchev–Trinajstić information content (AvgIpc) is 2.89. The van der Waals surface area contributed by atoms with E-state index in [0.717, 1.165) is 17.4 Å². The van der Waals surface area contributed by atoms with Crippen LogP contribution in [0, 0.1) is 0 Å². The molecule has 1 N–H and O–H groups in total. The lowest BCUT2D eigenvalue weighted by Gasteiger charge is -2.34. The van der Waals surface area contributed by atoms with Crippen LogP contribution in [0.25, 0.3) is 0 Å². The zero-order valence-electron chi connectivity index (χ0n) is 20.9. The molecule has 37 heavy (non-hydrogen) atoms. The maximum Gasteiger partial charge on any atom is 0.251 e. The Bertz CT molecular complexity index is 1430. The SMILES string of the molecule is CC(NC(=O)c1ccc(CN2CCN(S(=O)(=O)c3ccccc3)CC2)cc1)c1ccc(S(C)(=O)=O)cc1. The van der Waals surface area contributed by atoms with E-state index in [1.165, 1.54) is 4.31 Å². The predicted molar refractivity (Wildman–Crippen MR) is 142 cm³/mol. The fourth-order valence-corrected chi connectivity index (χ4v) is 6.33. The third-order valence-electron chi connectivity index (χ3n) is 6.49. The van der Waals surface area contributed by atoms with E-state index in [9.17, 15) is 21.6 Å². The van der Waals surface area contributed by atoms with Crippen molar-refractivity contribution in [2.24, 2.45) is 0 Å². The smallest absolute Gasteiger partial charge is 0.251 e. The molecule has 10 heteroatoms. The summed E-state index contributed by atoms with van der Waals surface area (Å²) in [6.07, 6.45) is 1.16. The first kappa shape index (κ1) is 27.0. The van der Waals surface area contributed by atoms with Crippen LogP contribution in [0.5, 0.6) is 0 Å². The summed E-state index contributed by atoms with van der Waals surface area (Å²) in [4.78, 5) is 15.5. The molecule has 1 unspecified atom stereocenters. The Balaban J connectivity index is 1.29. The second-order valence-corrected chi connectivity index (χ2v) is 13.2. The highest BCUT2D eigenvalue weighted by Gasteiger charge is 2.28. The molecule has 1 fully saturated rings. The van der Waals surface area contributed by atoms with Crippen molar-refractivity contribution in [3.63, 3.8) is 0 Å². The number of carbonyl (C=O) groups excluding carboxylic acids is 1. The molecular formula is C27H31N3O5S2. The highest BCUT2D eigenvalue weighted by molar-refractivity contribution is 7.90. The minimum atomic E-state index is -3.48. The summed E-state index contributed by atoms with van der Waals surface area (Å²) in [6.45, 7) is 4.64. The summed E-state index contributed by atoms with van der Waals surface area (Å²) in [5.41, 5.74) is 2.38. The van der Waals surface area contributed by atoms with Gasteiger partial charge < -0.3 is 5.32 Å². The van der Waals surface area contributed by atoms with E-state index >= 15 is 0 Å². The number of hydrogen-bond acceptors (Lipinski definition) is 6. The highest BCUT2D eigenvalue weighted by atomic mass is 32.2. The lowest BCUT2D eigenvalue weighted by Crippen LogP contribution is -2.48. The van der Waals surface area contributed by atoms with Crippen molar-refractivity contribution in [3.8, 4) is 0 Å². The van der Waals surface area contributed by atoms with E-state index < -0.39 is 19.9 Å². The molecule has 4 rings (SSSR count). The van der Waals surface area contributed by atoms with Crippen molar-refractivity contribution in [3.05, 3.63) is 95.6 Å². The van der Waals surface area contributed by atoms with Crippen LogP contribution in [0.2, 0.25) is 0 Å². The molecule has 1 saturated heterocycles. The van der Waals surface area contributed by atoms with Gasteiger partial charge in [0.25, 0.3) is 5.91 Å². The summed E-state index contributed by atoms with van der Waals surface area (Å²) < 4.78 is 50.4. The molecule has 0 aliphatic carbocycles. The van der Waals surface area contributed by atoms with Gasteiger partial charge in [0, 0.05) is 44.5 Å². The number of nitrogens with zero attached hydrogens (tertiary/aromatic N) is 2. The van der Waals surface area contributed by atoms with Gasteiger partial charge in [0.15, 0.2) is 9.84 Å². The second-order valence-electron chi connectivity index (χ2n) is 9.23. The minimum absolute atomic E-state index is 0.217. The maximum atomic E-state index is 12.8. The Kier molecular flexibility index (Phi) is 8.13. The number of amides is 1. The molecule has 1 heterocycles. The Labute approximate surface area is 218 Å². The van der Waals surface area contributed by atoms with Crippen molar-refractivity contribution < 1.29 is 21.6 Å². The molecule has 8 nitrogen and oxygen atoms in total. The second kappa shape index (κ2) is 11.1. The van der Waals surface area contributed by atoms with Crippen molar-refractivity contribution in [1.29, 1.82) is 0 Å².